The lowest BCUT2D eigenvalue weighted by atomic mass is 10.2. The van der Waals surface area contributed by atoms with Crippen molar-refractivity contribution in [2.24, 2.45) is 0 Å². The van der Waals surface area contributed by atoms with Gasteiger partial charge >= 0.3 is 5.97 Å². The quantitative estimate of drug-likeness (QED) is 0.872. The number of hydrogen-bond acceptors (Lipinski definition) is 2. The number of aliphatic carboxylic acids is 1. The van der Waals surface area contributed by atoms with Crippen molar-refractivity contribution in [1.82, 2.24) is 0 Å². The van der Waals surface area contributed by atoms with E-state index in [1.165, 1.54) is 0 Å². The van der Waals surface area contributed by atoms with Gasteiger partial charge in [-0.25, -0.2) is 4.79 Å². The number of rotatable bonds is 4. The van der Waals surface area contributed by atoms with Crippen molar-refractivity contribution in [3.63, 3.8) is 0 Å². The second kappa shape index (κ2) is 5.00. The Kier molecular flexibility index (Phi) is 3.95. The van der Waals surface area contributed by atoms with Crippen LogP contribution in [-0.2, 0) is 4.79 Å². The van der Waals surface area contributed by atoms with Gasteiger partial charge in [-0.05, 0) is 24.6 Å². The van der Waals surface area contributed by atoms with Crippen LogP contribution in [0.4, 0.5) is 5.69 Å². The summed E-state index contributed by atoms with van der Waals surface area (Å²) in [5.41, 5.74) is 0.814. The molecule has 0 radical (unpaired) electrons. The SMILES string of the molecule is CC[C@H](Nc1cccc(Br)c1)C(=O)O. The molecular weight excluding hydrogens is 246 g/mol. The van der Waals surface area contributed by atoms with E-state index in [-0.39, 0.29) is 0 Å². The summed E-state index contributed by atoms with van der Waals surface area (Å²) < 4.78 is 0.933. The van der Waals surface area contributed by atoms with Gasteiger partial charge in [0.05, 0.1) is 0 Å². The molecule has 0 aliphatic rings. The highest BCUT2D eigenvalue weighted by Gasteiger charge is 2.13. The summed E-state index contributed by atoms with van der Waals surface area (Å²) in [5.74, 6) is -0.826. The third-order valence-corrected chi connectivity index (χ3v) is 2.37. The second-order valence-corrected chi connectivity index (χ2v) is 3.87. The van der Waals surface area contributed by atoms with Crippen LogP contribution in [0, 0.1) is 0 Å². The van der Waals surface area contributed by atoms with Crippen LogP contribution in [0.3, 0.4) is 0 Å². The van der Waals surface area contributed by atoms with Crippen molar-refractivity contribution in [3.05, 3.63) is 28.7 Å². The largest absolute Gasteiger partial charge is 0.480 e. The fourth-order valence-corrected chi connectivity index (χ4v) is 1.52. The monoisotopic (exact) mass is 257 g/mol. The molecule has 1 rings (SSSR count). The van der Waals surface area contributed by atoms with E-state index in [9.17, 15) is 4.79 Å². The Morgan fingerprint density at radius 2 is 2.36 bits per heavy atom. The minimum Gasteiger partial charge on any atom is -0.480 e. The molecule has 0 saturated heterocycles. The first kappa shape index (κ1) is 11.0. The van der Waals surface area contributed by atoms with Crippen molar-refractivity contribution in [1.29, 1.82) is 0 Å². The van der Waals surface area contributed by atoms with Crippen molar-refractivity contribution in [3.8, 4) is 0 Å². The Hall–Kier alpha value is -1.03. The van der Waals surface area contributed by atoms with Crippen LogP contribution in [0.25, 0.3) is 0 Å². The lowest BCUT2D eigenvalue weighted by Gasteiger charge is -2.13. The van der Waals surface area contributed by atoms with Crippen molar-refractivity contribution in [2.75, 3.05) is 5.32 Å². The smallest absolute Gasteiger partial charge is 0.326 e. The molecule has 1 aromatic carbocycles. The molecule has 14 heavy (non-hydrogen) atoms. The third kappa shape index (κ3) is 3.03. The zero-order chi connectivity index (χ0) is 10.6. The van der Waals surface area contributed by atoms with Crippen LogP contribution in [0.5, 0.6) is 0 Å². The van der Waals surface area contributed by atoms with Gasteiger partial charge in [-0.3, -0.25) is 0 Å². The average Bonchev–Trinajstić information content (AvgIpc) is 2.14. The first-order valence-electron chi connectivity index (χ1n) is 4.38. The van der Waals surface area contributed by atoms with Crippen LogP contribution < -0.4 is 5.32 Å². The zero-order valence-electron chi connectivity index (χ0n) is 7.83. The van der Waals surface area contributed by atoms with Gasteiger partial charge in [0.15, 0.2) is 0 Å². The highest BCUT2D eigenvalue weighted by atomic mass is 79.9. The van der Waals surface area contributed by atoms with Crippen molar-refractivity contribution < 1.29 is 9.90 Å². The predicted molar refractivity (Wildman–Crippen MR) is 59.5 cm³/mol. The first-order valence-corrected chi connectivity index (χ1v) is 5.17. The number of carboxylic acids is 1. The van der Waals surface area contributed by atoms with Gasteiger partial charge in [-0.15, -0.1) is 0 Å². The van der Waals surface area contributed by atoms with E-state index in [4.69, 9.17) is 5.11 Å². The Balaban J connectivity index is 2.72. The Bertz CT molecular complexity index is 328. The van der Waals surface area contributed by atoms with E-state index in [0.29, 0.717) is 6.42 Å². The molecule has 0 aliphatic carbocycles. The normalized spacial score (nSPS) is 12.1. The number of nitrogens with one attached hydrogen (secondary N) is 1. The van der Waals surface area contributed by atoms with Crippen molar-refractivity contribution >= 4 is 27.6 Å². The molecule has 4 heteroatoms. The molecule has 0 amide bonds. The highest BCUT2D eigenvalue weighted by molar-refractivity contribution is 9.10. The van der Waals surface area contributed by atoms with Gasteiger partial charge in [-0.2, -0.15) is 0 Å². The Morgan fingerprint density at radius 3 is 2.86 bits per heavy atom. The third-order valence-electron chi connectivity index (χ3n) is 1.87. The molecule has 3 nitrogen and oxygen atoms in total. The maximum Gasteiger partial charge on any atom is 0.326 e. The van der Waals surface area contributed by atoms with Crippen LogP contribution in [0.15, 0.2) is 28.7 Å². The number of anilines is 1. The minimum absolute atomic E-state index is 0.524. The predicted octanol–water partition coefficient (Wildman–Crippen LogP) is 2.72. The molecular formula is C10H12BrNO2. The summed E-state index contributed by atoms with van der Waals surface area (Å²) in [5, 5.41) is 11.8. The maximum atomic E-state index is 10.7. The molecule has 0 heterocycles. The van der Waals surface area contributed by atoms with Crippen LogP contribution in [0.2, 0.25) is 0 Å². The molecule has 76 valence electrons. The molecule has 0 unspecified atom stereocenters. The Labute approximate surface area is 91.3 Å². The molecule has 0 aliphatic heterocycles. The maximum absolute atomic E-state index is 10.7. The molecule has 1 atom stereocenters. The van der Waals surface area contributed by atoms with Gasteiger partial charge in [0.2, 0.25) is 0 Å². The second-order valence-electron chi connectivity index (χ2n) is 2.95. The molecule has 0 bridgehead atoms. The van der Waals surface area contributed by atoms with Crippen LogP contribution in [0.1, 0.15) is 13.3 Å². The van der Waals surface area contributed by atoms with E-state index in [0.717, 1.165) is 10.2 Å². The summed E-state index contributed by atoms with van der Waals surface area (Å²) in [6, 6.07) is 6.93. The fraction of sp³-hybridized carbons (Fsp3) is 0.300. The average molecular weight is 258 g/mol. The number of carboxylic acid groups (broad SMARTS) is 1. The molecule has 0 saturated carbocycles. The molecule has 2 N–H and O–H groups in total. The number of halogens is 1. The van der Waals surface area contributed by atoms with E-state index >= 15 is 0 Å². The standard InChI is InChI=1S/C10H12BrNO2/c1-2-9(10(13)14)12-8-5-3-4-7(11)6-8/h3-6,9,12H,2H2,1H3,(H,13,14)/t9-/m0/s1. The zero-order valence-corrected chi connectivity index (χ0v) is 9.41. The van der Waals surface area contributed by atoms with Gasteiger partial charge in [-0.1, -0.05) is 28.9 Å². The van der Waals surface area contributed by atoms with Crippen molar-refractivity contribution in [2.45, 2.75) is 19.4 Å². The van der Waals surface area contributed by atoms with E-state index in [2.05, 4.69) is 21.2 Å². The summed E-state index contributed by atoms with van der Waals surface area (Å²) in [4.78, 5) is 10.7. The minimum atomic E-state index is -0.826. The van der Waals surface area contributed by atoms with E-state index in [1.54, 1.807) is 0 Å². The molecule has 0 spiro atoms. The van der Waals surface area contributed by atoms with Gasteiger partial charge in [0.25, 0.3) is 0 Å². The highest BCUT2D eigenvalue weighted by Crippen LogP contribution is 2.16. The molecule has 0 aromatic heterocycles. The summed E-state index contributed by atoms with van der Waals surface area (Å²) in [6.45, 7) is 1.84. The molecule has 0 fully saturated rings. The van der Waals surface area contributed by atoms with E-state index in [1.807, 2.05) is 31.2 Å². The summed E-state index contributed by atoms with van der Waals surface area (Å²) in [7, 11) is 0. The van der Waals surface area contributed by atoms with Gasteiger partial charge < -0.3 is 10.4 Å². The number of carbonyl (C=O) groups is 1. The van der Waals surface area contributed by atoms with Crippen LogP contribution >= 0.6 is 15.9 Å². The summed E-state index contributed by atoms with van der Waals surface area (Å²) in [6.07, 6.45) is 0.557. The first-order chi connectivity index (χ1) is 6.63. The molecule has 1 aromatic rings. The number of benzene rings is 1. The lowest BCUT2D eigenvalue weighted by Crippen LogP contribution is -2.28. The van der Waals surface area contributed by atoms with Gasteiger partial charge in [0, 0.05) is 10.2 Å². The van der Waals surface area contributed by atoms with Gasteiger partial charge in [0.1, 0.15) is 6.04 Å². The Morgan fingerprint density at radius 1 is 1.64 bits per heavy atom. The van der Waals surface area contributed by atoms with E-state index < -0.39 is 12.0 Å². The topological polar surface area (TPSA) is 49.3 Å². The summed E-state index contributed by atoms with van der Waals surface area (Å²) >= 11 is 3.32. The number of hydrogen-bond donors (Lipinski definition) is 2. The van der Waals surface area contributed by atoms with Crippen LogP contribution in [-0.4, -0.2) is 17.1 Å². The lowest BCUT2D eigenvalue weighted by molar-refractivity contribution is -0.137. The fourth-order valence-electron chi connectivity index (χ4n) is 1.12.